The molecule has 1 N–H and O–H groups in total. The summed E-state index contributed by atoms with van der Waals surface area (Å²) in [5.41, 5.74) is 1.32. The van der Waals surface area contributed by atoms with Crippen molar-refractivity contribution in [3.63, 3.8) is 0 Å². The van der Waals surface area contributed by atoms with Gasteiger partial charge in [0.05, 0.1) is 17.9 Å². The van der Waals surface area contributed by atoms with Crippen LogP contribution in [0.3, 0.4) is 0 Å². The molecule has 140 valence electrons. The maximum atomic E-state index is 12.4. The summed E-state index contributed by atoms with van der Waals surface area (Å²) in [5.74, 6) is -0.256. The molecular weight excluding hydrogens is 378 g/mol. The summed E-state index contributed by atoms with van der Waals surface area (Å²) >= 11 is 2.88. The molecule has 0 aliphatic carbocycles. The van der Waals surface area contributed by atoms with Crippen LogP contribution in [0.25, 0.3) is 10.8 Å². The van der Waals surface area contributed by atoms with E-state index in [0.717, 1.165) is 20.7 Å². The van der Waals surface area contributed by atoms with Gasteiger partial charge in [-0.05, 0) is 49.2 Å². The van der Waals surface area contributed by atoms with Crippen LogP contribution in [-0.2, 0) is 9.53 Å². The van der Waals surface area contributed by atoms with Crippen LogP contribution in [0.5, 0.6) is 0 Å². The number of rotatable bonds is 6. The molecule has 27 heavy (non-hydrogen) atoms. The summed E-state index contributed by atoms with van der Waals surface area (Å²) in [5, 5.41) is 5.77. The lowest BCUT2D eigenvalue weighted by molar-refractivity contribution is -0.113. The van der Waals surface area contributed by atoms with Gasteiger partial charge < -0.3 is 10.1 Å². The molecule has 0 saturated carbocycles. The smallest absolute Gasteiger partial charge is 0.341 e. The van der Waals surface area contributed by atoms with E-state index < -0.39 is 5.97 Å². The minimum Gasteiger partial charge on any atom is -0.462 e. The highest BCUT2D eigenvalue weighted by molar-refractivity contribution is 8.00. The highest BCUT2D eigenvalue weighted by Crippen LogP contribution is 2.33. The Morgan fingerprint density at radius 2 is 1.85 bits per heavy atom. The van der Waals surface area contributed by atoms with E-state index in [0.29, 0.717) is 17.2 Å². The maximum absolute atomic E-state index is 12.4. The zero-order valence-corrected chi connectivity index (χ0v) is 17.1. The number of fused-ring (bicyclic) bond motifs is 1. The van der Waals surface area contributed by atoms with Crippen LogP contribution in [0.2, 0.25) is 0 Å². The number of thioether (sulfide) groups is 1. The largest absolute Gasteiger partial charge is 0.462 e. The first-order chi connectivity index (χ1) is 13.0. The third-order valence-electron chi connectivity index (χ3n) is 4.21. The molecule has 0 radical (unpaired) electrons. The molecule has 1 heterocycles. The number of esters is 1. The van der Waals surface area contributed by atoms with Gasteiger partial charge in [0.1, 0.15) is 5.00 Å². The van der Waals surface area contributed by atoms with Gasteiger partial charge in [-0.1, -0.05) is 30.3 Å². The first-order valence-electron chi connectivity index (χ1n) is 8.68. The predicted molar refractivity (Wildman–Crippen MR) is 113 cm³/mol. The van der Waals surface area contributed by atoms with Crippen LogP contribution in [0.1, 0.15) is 27.7 Å². The lowest BCUT2D eigenvalue weighted by atomic mass is 10.1. The number of aryl methyl sites for hydroxylation is 1. The SMILES string of the molecule is CCOC(=O)c1c(NC(=O)CSc2ccc3ccccc3c2)sc(C)c1C. The molecule has 0 fully saturated rings. The number of thiophene rings is 1. The number of hydrogen-bond donors (Lipinski definition) is 1. The molecule has 3 aromatic rings. The first kappa shape index (κ1) is 19.5. The average Bonchev–Trinajstić information content (AvgIpc) is 2.93. The van der Waals surface area contributed by atoms with Crippen molar-refractivity contribution in [3.8, 4) is 0 Å². The number of hydrogen-bond acceptors (Lipinski definition) is 5. The lowest BCUT2D eigenvalue weighted by Crippen LogP contribution is -2.16. The van der Waals surface area contributed by atoms with Crippen molar-refractivity contribution >= 4 is 50.7 Å². The number of amides is 1. The van der Waals surface area contributed by atoms with Crippen molar-refractivity contribution < 1.29 is 14.3 Å². The number of carbonyl (C=O) groups excluding carboxylic acids is 2. The Morgan fingerprint density at radius 3 is 2.59 bits per heavy atom. The molecule has 4 nitrogen and oxygen atoms in total. The summed E-state index contributed by atoms with van der Waals surface area (Å²) in [6.07, 6.45) is 0. The van der Waals surface area contributed by atoms with Crippen LogP contribution in [0.15, 0.2) is 47.4 Å². The van der Waals surface area contributed by atoms with Crippen LogP contribution in [0, 0.1) is 13.8 Å². The molecule has 0 bridgehead atoms. The van der Waals surface area contributed by atoms with Crippen molar-refractivity contribution in [1.82, 2.24) is 0 Å². The zero-order valence-electron chi connectivity index (χ0n) is 15.5. The molecule has 0 spiro atoms. The topological polar surface area (TPSA) is 55.4 Å². The maximum Gasteiger partial charge on any atom is 0.341 e. The Bertz CT molecular complexity index is 994. The molecule has 6 heteroatoms. The van der Waals surface area contributed by atoms with Crippen molar-refractivity contribution in [3.05, 3.63) is 58.5 Å². The van der Waals surface area contributed by atoms with E-state index in [1.165, 1.54) is 28.5 Å². The van der Waals surface area contributed by atoms with E-state index in [1.54, 1.807) is 6.92 Å². The molecule has 0 saturated heterocycles. The van der Waals surface area contributed by atoms with Crippen LogP contribution in [-0.4, -0.2) is 24.2 Å². The molecule has 3 rings (SSSR count). The van der Waals surface area contributed by atoms with Gasteiger partial charge in [0, 0.05) is 9.77 Å². The van der Waals surface area contributed by atoms with Gasteiger partial charge in [-0.25, -0.2) is 4.79 Å². The van der Waals surface area contributed by atoms with E-state index >= 15 is 0 Å². The van der Waals surface area contributed by atoms with Crippen molar-refractivity contribution in [2.75, 3.05) is 17.7 Å². The molecule has 2 aromatic carbocycles. The second-order valence-electron chi connectivity index (χ2n) is 6.05. The normalized spacial score (nSPS) is 10.8. The Hall–Kier alpha value is -2.31. The van der Waals surface area contributed by atoms with Crippen molar-refractivity contribution in [2.45, 2.75) is 25.7 Å². The van der Waals surface area contributed by atoms with E-state index in [4.69, 9.17) is 4.74 Å². The number of ether oxygens (including phenoxy) is 1. The molecule has 0 atom stereocenters. The number of carbonyl (C=O) groups is 2. The second kappa shape index (κ2) is 8.59. The Balaban J connectivity index is 1.68. The summed E-state index contributed by atoms with van der Waals surface area (Å²) in [7, 11) is 0. The van der Waals surface area contributed by atoms with Gasteiger partial charge in [-0.3, -0.25) is 4.79 Å². The molecule has 0 aliphatic heterocycles. The second-order valence-corrected chi connectivity index (χ2v) is 8.33. The molecule has 1 aromatic heterocycles. The standard InChI is InChI=1S/C21H21NO3S2/c1-4-25-21(24)19-13(2)14(3)27-20(19)22-18(23)12-26-17-10-9-15-7-5-6-8-16(15)11-17/h5-11H,4,12H2,1-3H3,(H,22,23). The van der Waals surface area contributed by atoms with E-state index in [-0.39, 0.29) is 11.7 Å². The molecule has 0 aliphatic rings. The highest BCUT2D eigenvalue weighted by atomic mass is 32.2. The monoisotopic (exact) mass is 399 g/mol. The minimum atomic E-state index is -0.392. The summed E-state index contributed by atoms with van der Waals surface area (Å²) in [6.45, 7) is 5.88. The summed E-state index contributed by atoms with van der Waals surface area (Å²) < 4.78 is 5.13. The molecular formula is C21H21NO3S2. The number of benzene rings is 2. The summed E-state index contributed by atoms with van der Waals surface area (Å²) in [6, 6.07) is 14.3. The van der Waals surface area contributed by atoms with E-state index in [9.17, 15) is 9.59 Å². The van der Waals surface area contributed by atoms with Gasteiger partial charge in [0.25, 0.3) is 0 Å². The zero-order chi connectivity index (χ0) is 19.4. The molecule has 1 amide bonds. The van der Waals surface area contributed by atoms with Crippen LogP contribution < -0.4 is 5.32 Å². The van der Waals surface area contributed by atoms with E-state index in [2.05, 4.69) is 29.6 Å². The predicted octanol–water partition coefficient (Wildman–Crippen LogP) is 5.43. The quantitative estimate of drug-likeness (QED) is 0.444. The fourth-order valence-electron chi connectivity index (χ4n) is 2.73. The lowest BCUT2D eigenvalue weighted by Gasteiger charge is -2.07. The summed E-state index contributed by atoms with van der Waals surface area (Å²) in [4.78, 5) is 26.7. The fourth-order valence-corrected chi connectivity index (χ4v) is 4.54. The Kier molecular flexibility index (Phi) is 6.19. The van der Waals surface area contributed by atoms with Gasteiger partial charge in [-0.15, -0.1) is 23.1 Å². The number of anilines is 1. The first-order valence-corrected chi connectivity index (χ1v) is 10.5. The third-order valence-corrected chi connectivity index (χ3v) is 6.33. The van der Waals surface area contributed by atoms with Crippen LogP contribution >= 0.6 is 23.1 Å². The van der Waals surface area contributed by atoms with Gasteiger partial charge in [0.2, 0.25) is 5.91 Å². The Morgan fingerprint density at radius 1 is 1.11 bits per heavy atom. The van der Waals surface area contributed by atoms with Gasteiger partial charge >= 0.3 is 5.97 Å². The molecule has 0 unspecified atom stereocenters. The number of nitrogens with one attached hydrogen (secondary N) is 1. The van der Waals surface area contributed by atoms with Crippen LogP contribution in [0.4, 0.5) is 5.00 Å². The fraction of sp³-hybridized carbons (Fsp3) is 0.238. The van der Waals surface area contributed by atoms with E-state index in [1.807, 2.05) is 32.0 Å². The van der Waals surface area contributed by atoms with Crippen molar-refractivity contribution in [2.24, 2.45) is 0 Å². The minimum absolute atomic E-state index is 0.139. The van der Waals surface area contributed by atoms with Gasteiger partial charge in [0.15, 0.2) is 0 Å². The Labute approximate surface area is 166 Å². The average molecular weight is 400 g/mol. The van der Waals surface area contributed by atoms with Crippen molar-refractivity contribution in [1.29, 1.82) is 0 Å². The van der Waals surface area contributed by atoms with Gasteiger partial charge in [-0.2, -0.15) is 0 Å². The third kappa shape index (κ3) is 4.51. The highest BCUT2D eigenvalue weighted by Gasteiger charge is 2.22.